The summed E-state index contributed by atoms with van der Waals surface area (Å²) in [5, 5.41) is 3.15. The van der Waals surface area contributed by atoms with Gasteiger partial charge in [-0.3, -0.25) is 9.69 Å². The van der Waals surface area contributed by atoms with E-state index in [9.17, 15) is 9.59 Å². The van der Waals surface area contributed by atoms with Gasteiger partial charge in [-0.25, -0.2) is 9.78 Å². The Morgan fingerprint density at radius 2 is 1.86 bits per heavy atom. The molecule has 0 aliphatic heterocycles. The van der Waals surface area contributed by atoms with Gasteiger partial charge in [-0.1, -0.05) is 36.4 Å². The smallest absolute Gasteiger partial charge is 0.340 e. The number of benzene rings is 2. The van der Waals surface area contributed by atoms with Crippen LogP contribution in [-0.2, 0) is 16.1 Å². The summed E-state index contributed by atoms with van der Waals surface area (Å²) in [5.74, 6) is -0.554. The Labute approximate surface area is 165 Å². The van der Waals surface area contributed by atoms with Crippen LogP contribution in [0.4, 0.5) is 10.8 Å². The summed E-state index contributed by atoms with van der Waals surface area (Å²) >= 11 is 1.33. The normalized spacial score (nSPS) is 10.8. The standard InChI is InChI=1S/C21H17N3O3S/c1-14(25)24(16-7-3-2-4-8-16)21-23-15(13-28-21)12-27-20(26)18-11-22-19-10-6-5-9-17(18)19/h2-11,13,22H,12H2,1H3. The van der Waals surface area contributed by atoms with Crippen molar-refractivity contribution >= 4 is 44.9 Å². The summed E-state index contributed by atoms with van der Waals surface area (Å²) in [7, 11) is 0. The number of para-hydroxylation sites is 2. The molecule has 6 nitrogen and oxygen atoms in total. The molecule has 2 aromatic carbocycles. The number of aromatic nitrogens is 2. The van der Waals surface area contributed by atoms with E-state index in [1.165, 1.54) is 23.2 Å². The molecule has 0 aliphatic rings. The fourth-order valence-electron chi connectivity index (χ4n) is 2.93. The number of anilines is 2. The lowest BCUT2D eigenvalue weighted by Gasteiger charge is -2.17. The molecule has 0 saturated carbocycles. The average Bonchev–Trinajstić information content (AvgIpc) is 3.34. The minimum atomic E-state index is -0.418. The van der Waals surface area contributed by atoms with Gasteiger partial charge in [0.25, 0.3) is 0 Å². The predicted molar refractivity (Wildman–Crippen MR) is 109 cm³/mol. The van der Waals surface area contributed by atoms with Crippen LogP contribution >= 0.6 is 11.3 Å². The van der Waals surface area contributed by atoms with Crippen molar-refractivity contribution in [1.82, 2.24) is 9.97 Å². The molecule has 0 unspecified atom stereocenters. The Morgan fingerprint density at radius 1 is 1.11 bits per heavy atom. The first kappa shape index (κ1) is 17.9. The molecule has 0 fully saturated rings. The van der Waals surface area contributed by atoms with Crippen LogP contribution in [0.3, 0.4) is 0 Å². The van der Waals surface area contributed by atoms with Crippen molar-refractivity contribution in [2.24, 2.45) is 0 Å². The molecular formula is C21H17N3O3S. The molecule has 0 atom stereocenters. The van der Waals surface area contributed by atoms with Gasteiger partial charge in [-0.15, -0.1) is 11.3 Å². The van der Waals surface area contributed by atoms with Gasteiger partial charge < -0.3 is 9.72 Å². The van der Waals surface area contributed by atoms with Crippen LogP contribution in [0.25, 0.3) is 10.9 Å². The van der Waals surface area contributed by atoms with E-state index in [1.54, 1.807) is 11.6 Å². The van der Waals surface area contributed by atoms with Gasteiger partial charge in [0, 0.05) is 29.4 Å². The second-order valence-electron chi connectivity index (χ2n) is 6.14. The lowest BCUT2D eigenvalue weighted by molar-refractivity contribution is -0.115. The number of thiazole rings is 1. The second kappa shape index (κ2) is 7.66. The van der Waals surface area contributed by atoms with E-state index >= 15 is 0 Å². The molecule has 7 heteroatoms. The van der Waals surface area contributed by atoms with Gasteiger partial charge in [0.2, 0.25) is 5.91 Å². The maximum atomic E-state index is 12.4. The molecule has 0 radical (unpaired) electrons. The van der Waals surface area contributed by atoms with Crippen molar-refractivity contribution in [3.63, 3.8) is 0 Å². The molecule has 140 valence electrons. The largest absolute Gasteiger partial charge is 0.455 e. The topological polar surface area (TPSA) is 75.3 Å². The number of aromatic amines is 1. The number of amides is 1. The van der Waals surface area contributed by atoms with Crippen molar-refractivity contribution < 1.29 is 14.3 Å². The third-order valence-electron chi connectivity index (χ3n) is 4.22. The van der Waals surface area contributed by atoms with E-state index in [1.807, 2.05) is 54.6 Å². The zero-order valence-electron chi connectivity index (χ0n) is 15.1. The molecule has 2 heterocycles. The first-order valence-corrected chi connectivity index (χ1v) is 9.55. The Morgan fingerprint density at radius 3 is 2.64 bits per heavy atom. The average molecular weight is 391 g/mol. The predicted octanol–water partition coefficient (Wildman–Crippen LogP) is 4.67. The SMILES string of the molecule is CC(=O)N(c1ccccc1)c1nc(COC(=O)c2c[nH]c3ccccc23)cs1. The van der Waals surface area contributed by atoms with Crippen molar-refractivity contribution in [1.29, 1.82) is 0 Å². The fraction of sp³-hybridized carbons (Fsp3) is 0.0952. The lowest BCUT2D eigenvalue weighted by Crippen LogP contribution is -2.22. The zero-order valence-corrected chi connectivity index (χ0v) is 15.9. The monoisotopic (exact) mass is 391 g/mol. The molecule has 28 heavy (non-hydrogen) atoms. The van der Waals surface area contributed by atoms with Crippen LogP contribution < -0.4 is 4.90 Å². The van der Waals surface area contributed by atoms with E-state index in [0.29, 0.717) is 16.4 Å². The summed E-state index contributed by atoms with van der Waals surface area (Å²) in [5.41, 5.74) is 2.70. The molecular weight excluding hydrogens is 374 g/mol. The summed E-state index contributed by atoms with van der Waals surface area (Å²) in [6, 6.07) is 16.9. The van der Waals surface area contributed by atoms with Crippen LogP contribution in [0.1, 0.15) is 23.0 Å². The molecule has 4 rings (SSSR count). The number of hydrogen-bond acceptors (Lipinski definition) is 5. The Hall–Kier alpha value is -3.45. The molecule has 2 aromatic heterocycles. The number of hydrogen-bond donors (Lipinski definition) is 1. The minimum absolute atomic E-state index is 0.0371. The number of fused-ring (bicyclic) bond motifs is 1. The third kappa shape index (κ3) is 3.52. The Balaban J connectivity index is 1.49. The van der Waals surface area contributed by atoms with E-state index in [4.69, 9.17) is 4.74 Å². The first-order valence-electron chi connectivity index (χ1n) is 8.67. The molecule has 0 bridgehead atoms. The van der Waals surface area contributed by atoms with Gasteiger partial charge in [-0.2, -0.15) is 0 Å². The van der Waals surface area contributed by atoms with Crippen LogP contribution in [0, 0.1) is 0 Å². The Kier molecular flexibility index (Phi) is 4.90. The zero-order chi connectivity index (χ0) is 19.5. The van der Waals surface area contributed by atoms with Gasteiger partial charge in [-0.05, 0) is 18.2 Å². The lowest BCUT2D eigenvalue weighted by atomic mass is 10.2. The highest BCUT2D eigenvalue weighted by Gasteiger charge is 2.19. The first-order chi connectivity index (χ1) is 13.6. The highest BCUT2D eigenvalue weighted by molar-refractivity contribution is 7.14. The summed E-state index contributed by atoms with van der Waals surface area (Å²) in [6.45, 7) is 1.53. The van der Waals surface area contributed by atoms with Gasteiger partial charge in [0.05, 0.1) is 16.9 Å². The number of rotatable bonds is 5. The molecule has 0 aliphatic carbocycles. The maximum Gasteiger partial charge on any atom is 0.340 e. The van der Waals surface area contributed by atoms with Crippen molar-refractivity contribution in [2.75, 3.05) is 4.90 Å². The molecule has 1 amide bonds. The quantitative estimate of drug-likeness (QED) is 0.502. The molecule has 1 N–H and O–H groups in total. The highest BCUT2D eigenvalue weighted by atomic mass is 32.1. The Bertz CT molecular complexity index is 1130. The van der Waals surface area contributed by atoms with Crippen molar-refractivity contribution in [2.45, 2.75) is 13.5 Å². The number of nitrogens with zero attached hydrogens (tertiary/aromatic N) is 2. The molecule has 0 saturated heterocycles. The molecule has 0 spiro atoms. The van der Waals surface area contributed by atoms with Crippen molar-refractivity contribution in [3.05, 3.63) is 77.4 Å². The van der Waals surface area contributed by atoms with E-state index in [-0.39, 0.29) is 12.5 Å². The summed E-state index contributed by atoms with van der Waals surface area (Å²) < 4.78 is 5.42. The second-order valence-corrected chi connectivity index (χ2v) is 6.97. The number of carbonyl (C=O) groups excluding carboxylic acids is 2. The van der Waals surface area contributed by atoms with Crippen LogP contribution in [0.2, 0.25) is 0 Å². The van der Waals surface area contributed by atoms with E-state index in [2.05, 4.69) is 9.97 Å². The maximum absolute atomic E-state index is 12.4. The van der Waals surface area contributed by atoms with E-state index in [0.717, 1.165) is 16.6 Å². The number of ether oxygens (including phenoxy) is 1. The summed E-state index contributed by atoms with van der Waals surface area (Å²) in [6.07, 6.45) is 1.65. The van der Waals surface area contributed by atoms with Gasteiger partial charge in [0.1, 0.15) is 6.61 Å². The minimum Gasteiger partial charge on any atom is -0.455 e. The van der Waals surface area contributed by atoms with Crippen molar-refractivity contribution in [3.8, 4) is 0 Å². The third-order valence-corrected chi connectivity index (χ3v) is 5.10. The number of nitrogens with one attached hydrogen (secondary N) is 1. The van der Waals surface area contributed by atoms with Gasteiger partial charge in [0.15, 0.2) is 5.13 Å². The highest BCUT2D eigenvalue weighted by Crippen LogP contribution is 2.29. The number of carbonyl (C=O) groups is 2. The van der Waals surface area contributed by atoms with Gasteiger partial charge >= 0.3 is 5.97 Å². The van der Waals surface area contributed by atoms with Crippen LogP contribution in [-0.4, -0.2) is 21.8 Å². The van der Waals surface area contributed by atoms with Crippen LogP contribution in [0.5, 0.6) is 0 Å². The molecule has 4 aromatic rings. The van der Waals surface area contributed by atoms with Crippen LogP contribution in [0.15, 0.2) is 66.2 Å². The summed E-state index contributed by atoms with van der Waals surface area (Å²) in [4.78, 5) is 33.6. The van der Waals surface area contributed by atoms with E-state index < -0.39 is 5.97 Å². The number of H-pyrrole nitrogens is 1. The number of esters is 1. The fourth-order valence-corrected chi connectivity index (χ4v) is 3.80.